The average Bonchev–Trinajstić information content (AvgIpc) is 2.46. The molecule has 1 aromatic carbocycles. The topological polar surface area (TPSA) is 72.6 Å². The van der Waals surface area contributed by atoms with Gasteiger partial charge in [-0.15, -0.1) is 13.2 Å². The summed E-state index contributed by atoms with van der Waals surface area (Å²) < 4.78 is 40.1. The van der Waals surface area contributed by atoms with E-state index in [4.69, 9.17) is 5.73 Å². The van der Waals surface area contributed by atoms with Crippen LogP contribution < -0.4 is 10.5 Å². The van der Waals surface area contributed by atoms with E-state index in [1.54, 1.807) is 0 Å². The summed E-state index contributed by atoms with van der Waals surface area (Å²) in [6.07, 6.45) is -3.51. The number of carbonyl (C=O) groups is 2. The van der Waals surface area contributed by atoms with Gasteiger partial charge in [0.05, 0.1) is 5.92 Å². The Balaban J connectivity index is 2.11. The Morgan fingerprint density at radius 3 is 2.35 bits per heavy atom. The van der Waals surface area contributed by atoms with Crippen LogP contribution in [0.15, 0.2) is 24.3 Å². The molecule has 8 heteroatoms. The zero-order valence-electron chi connectivity index (χ0n) is 12.5. The quantitative estimate of drug-likeness (QED) is 0.924. The highest BCUT2D eigenvalue weighted by Crippen LogP contribution is 2.26. The maximum Gasteiger partial charge on any atom is 0.573 e. The Hall–Kier alpha value is -2.25. The molecule has 0 spiro atoms. The van der Waals surface area contributed by atoms with Gasteiger partial charge < -0.3 is 15.4 Å². The number of hydrogen-bond acceptors (Lipinski definition) is 3. The molecule has 2 amide bonds. The van der Waals surface area contributed by atoms with Gasteiger partial charge in [0, 0.05) is 18.2 Å². The van der Waals surface area contributed by atoms with Crippen LogP contribution in [0.25, 0.3) is 0 Å². The van der Waals surface area contributed by atoms with Crippen LogP contribution in [0.2, 0.25) is 0 Å². The fraction of sp³-hybridized carbons (Fsp3) is 0.467. The molecule has 0 saturated carbocycles. The van der Waals surface area contributed by atoms with Crippen LogP contribution >= 0.6 is 0 Å². The predicted octanol–water partition coefficient (Wildman–Crippen LogP) is 2.31. The van der Waals surface area contributed by atoms with E-state index in [1.165, 1.54) is 17.0 Å². The van der Waals surface area contributed by atoms with Crippen molar-refractivity contribution < 1.29 is 27.5 Å². The molecule has 0 aromatic heterocycles. The molecule has 0 bridgehead atoms. The van der Waals surface area contributed by atoms with Crippen LogP contribution in [0.3, 0.4) is 0 Å². The van der Waals surface area contributed by atoms with Gasteiger partial charge in [0.2, 0.25) is 5.91 Å². The van der Waals surface area contributed by atoms with Gasteiger partial charge in [-0.25, -0.2) is 0 Å². The summed E-state index contributed by atoms with van der Waals surface area (Å²) in [6.45, 7) is 2.08. The number of rotatable bonds is 3. The van der Waals surface area contributed by atoms with Gasteiger partial charge in [0.25, 0.3) is 5.91 Å². The number of alkyl halides is 3. The summed E-state index contributed by atoms with van der Waals surface area (Å²) >= 11 is 0. The van der Waals surface area contributed by atoms with E-state index < -0.39 is 23.9 Å². The van der Waals surface area contributed by atoms with E-state index in [9.17, 15) is 22.8 Å². The van der Waals surface area contributed by atoms with E-state index in [0.717, 1.165) is 12.1 Å². The molecule has 1 aliphatic heterocycles. The summed E-state index contributed by atoms with van der Waals surface area (Å²) in [5.41, 5.74) is 5.53. The average molecular weight is 330 g/mol. The van der Waals surface area contributed by atoms with Crippen LogP contribution in [-0.4, -0.2) is 35.7 Å². The number of halogens is 3. The van der Waals surface area contributed by atoms with Gasteiger partial charge in [-0.2, -0.15) is 0 Å². The van der Waals surface area contributed by atoms with Crippen molar-refractivity contribution in [3.8, 4) is 5.75 Å². The molecular weight excluding hydrogens is 313 g/mol. The summed E-state index contributed by atoms with van der Waals surface area (Å²) in [7, 11) is 0. The molecule has 1 aromatic rings. The third-order valence-corrected chi connectivity index (χ3v) is 3.88. The number of benzene rings is 1. The normalized spacial score (nSPS) is 21.8. The van der Waals surface area contributed by atoms with Gasteiger partial charge in [-0.1, -0.05) is 0 Å². The fourth-order valence-electron chi connectivity index (χ4n) is 2.59. The lowest BCUT2D eigenvalue weighted by atomic mass is 9.92. The number of nitrogens with zero attached hydrogens (tertiary/aromatic N) is 1. The van der Waals surface area contributed by atoms with Crippen LogP contribution in [-0.2, 0) is 4.79 Å². The zero-order valence-corrected chi connectivity index (χ0v) is 12.5. The third kappa shape index (κ3) is 4.37. The first-order valence-corrected chi connectivity index (χ1v) is 7.13. The van der Waals surface area contributed by atoms with E-state index in [1.807, 2.05) is 6.92 Å². The van der Waals surface area contributed by atoms with Crippen LogP contribution in [0, 0.1) is 5.92 Å². The molecule has 2 N–H and O–H groups in total. The smallest absolute Gasteiger partial charge is 0.406 e. The number of carbonyl (C=O) groups excluding carboxylic acids is 2. The SMILES string of the molecule is C[C@H]1CC[C@@H](C(N)=O)CN1C(=O)c1ccc(OC(F)(F)F)cc1. The van der Waals surface area contributed by atoms with Crippen molar-refractivity contribution in [1.29, 1.82) is 0 Å². The monoisotopic (exact) mass is 330 g/mol. The summed E-state index contributed by atoms with van der Waals surface area (Å²) in [6, 6.07) is 4.64. The highest BCUT2D eigenvalue weighted by atomic mass is 19.4. The van der Waals surface area contributed by atoms with Gasteiger partial charge in [0.1, 0.15) is 5.75 Å². The summed E-state index contributed by atoms with van der Waals surface area (Å²) in [5, 5.41) is 0. The van der Waals surface area contributed by atoms with Crippen molar-refractivity contribution in [3.05, 3.63) is 29.8 Å². The highest BCUT2D eigenvalue weighted by Gasteiger charge is 2.33. The van der Waals surface area contributed by atoms with Crippen molar-refractivity contribution in [2.45, 2.75) is 32.2 Å². The van der Waals surface area contributed by atoms with E-state index in [-0.39, 0.29) is 24.1 Å². The van der Waals surface area contributed by atoms with Crippen LogP contribution in [0.4, 0.5) is 13.2 Å². The fourth-order valence-corrected chi connectivity index (χ4v) is 2.59. The van der Waals surface area contributed by atoms with Crippen LogP contribution in [0.1, 0.15) is 30.1 Å². The zero-order chi connectivity index (χ0) is 17.2. The number of ether oxygens (including phenoxy) is 1. The second-order valence-corrected chi connectivity index (χ2v) is 5.56. The first-order valence-electron chi connectivity index (χ1n) is 7.13. The highest BCUT2D eigenvalue weighted by molar-refractivity contribution is 5.95. The predicted molar refractivity (Wildman–Crippen MR) is 75.5 cm³/mol. The molecule has 2 atom stereocenters. The van der Waals surface area contributed by atoms with Gasteiger partial charge in [-0.3, -0.25) is 9.59 Å². The maximum absolute atomic E-state index is 12.5. The first kappa shape index (κ1) is 17.1. The molecule has 5 nitrogen and oxygen atoms in total. The van der Waals surface area contributed by atoms with E-state index in [0.29, 0.717) is 12.8 Å². The van der Waals surface area contributed by atoms with Crippen LogP contribution in [0.5, 0.6) is 5.75 Å². The molecular formula is C15H17F3N2O3. The number of piperidine rings is 1. The molecule has 0 unspecified atom stereocenters. The molecule has 1 aliphatic rings. The second-order valence-electron chi connectivity index (χ2n) is 5.56. The molecule has 126 valence electrons. The number of likely N-dealkylation sites (tertiary alicyclic amines) is 1. The standard InChI is InChI=1S/C15H17F3N2O3/c1-9-2-3-11(13(19)21)8-20(9)14(22)10-4-6-12(7-5-10)23-15(16,17)18/h4-7,9,11H,2-3,8H2,1H3,(H2,19,21)/t9-,11+/m0/s1. The molecule has 0 aliphatic carbocycles. The minimum atomic E-state index is -4.78. The van der Waals surface area contributed by atoms with E-state index in [2.05, 4.69) is 4.74 Å². The van der Waals surface area contributed by atoms with Crippen molar-refractivity contribution in [2.75, 3.05) is 6.54 Å². The molecule has 1 saturated heterocycles. The minimum absolute atomic E-state index is 0.0656. The molecule has 0 radical (unpaired) electrons. The lowest BCUT2D eigenvalue weighted by Crippen LogP contribution is -2.48. The summed E-state index contributed by atoms with van der Waals surface area (Å²) in [5.74, 6) is -1.59. The Morgan fingerprint density at radius 1 is 1.22 bits per heavy atom. The third-order valence-electron chi connectivity index (χ3n) is 3.88. The number of nitrogens with two attached hydrogens (primary N) is 1. The molecule has 2 rings (SSSR count). The maximum atomic E-state index is 12.5. The summed E-state index contributed by atoms with van der Waals surface area (Å²) in [4.78, 5) is 25.3. The molecule has 1 heterocycles. The Morgan fingerprint density at radius 2 is 1.83 bits per heavy atom. The first-order chi connectivity index (χ1) is 10.7. The van der Waals surface area contributed by atoms with Gasteiger partial charge >= 0.3 is 6.36 Å². The van der Waals surface area contributed by atoms with Gasteiger partial charge in [-0.05, 0) is 44.0 Å². The van der Waals surface area contributed by atoms with E-state index >= 15 is 0 Å². The van der Waals surface area contributed by atoms with Crippen molar-refractivity contribution in [2.24, 2.45) is 11.7 Å². The Labute approximate surface area is 131 Å². The molecule has 23 heavy (non-hydrogen) atoms. The van der Waals surface area contributed by atoms with Crippen molar-refractivity contribution >= 4 is 11.8 Å². The minimum Gasteiger partial charge on any atom is -0.406 e. The van der Waals surface area contributed by atoms with Crippen molar-refractivity contribution in [3.63, 3.8) is 0 Å². The Kier molecular flexibility index (Phi) is 4.82. The number of hydrogen-bond donors (Lipinski definition) is 1. The lowest BCUT2D eigenvalue weighted by Gasteiger charge is -2.37. The Bertz CT molecular complexity index is 587. The molecule has 1 fully saturated rings. The van der Waals surface area contributed by atoms with Crippen molar-refractivity contribution in [1.82, 2.24) is 4.90 Å². The number of primary amides is 1. The van der Waals surface area contributed by atoms with Gasteiger partial charge in [0.15, 0.2) is 0 Å². The largest absolute Gasteiger partial charge is 0.573 e. The second kappa shape index (κ2) is 6.47. The number of amides is 2. The lowest BCUT2D eigenvalue weighted by molar-refractivity contribution is -0.274.